The van der Waals surface area contributed by atoms with Gasteiger partial charge in [0.05, 0.1) is 0 Å². The van der Waals surface area contributed by atoms with Gasteiger partial charge in [0.1, 0.15) is 5.82 Å². The second-order valence-corrected chi connectivity index (χ2v) is 9.64. The van der Waals surface area contributed by atoms with Crippen LogP contribution in [0, 0.1) is 11.7 Å². The maximum absolute atomic E-state index is 13.8. The topological polar surface area (TPSA) is 75.4 Å². The fourth-order valence-electron chi connectivity index (χ4n) is 5.04. The molecule has 5 nitrogen and oxygen atoms in total. The fourth-order valence-corrected chi connectivity index (χ4v) is 5.22. The van der Waals surface area contributed by atoms with Gasteiger partial charge < -0.3 is 16.0 Å². The molecule has 2 unspecified atom stereocenters. The highest BCUT2D eigenvalue weighted by Crippen LogP contribution is 2.30. The molecule has 2 aliphatic carbocycles. The summed E-state index contributed by atoms with van der Waals surface area (Å²) in [5.41, 5.74) is 8.10. The summed E-state index contributed by atoms with van der Waals surface area (Å²) in [5.74, 6) is -0.644. The summed E-state index contributed by atoms with van der Waals surface area (Å²) in [5, 5.41) is 3.52. The summed E-state index contributed by atoms with van der Waals surface area (Å²) in [6.07, 6.45) is 7.65. The average molecular weight is 472 g/mol. The third kappa shape index (κ3) is 5.74. The van der Waals surface area contributed by atoms with Crippen LogP contribution in [-0.4, -0.2) is 28.8 Å². The van der Waals surface area contributed by atoms with Crippen molar-refractivity contribution in [3.63, 3.8) is 0 Å². The van der Waals surface area contributed by atoms with Crippen LogP contribution in [0.2, 0.25) is 5.02 Å². The molecule has 0 aliphatic heterocycles. The molecule has 2 aromatic carbocycles. The van der Waals surface area contributed by atoms with Crippen molar-refractivity contribution in [3.05, 3.63) is 64.4 Å². The summed E-state index contributed by atoms with van der Waals surface area (Å²) < 4.78 is 13.8. The molecule has 4 rings (SSSR count). The number of rotatable bonds is 6. The monoisotopic (exact) mass is 471 g/mol. The van der Waals surface area contributed by atoms with Gasteiger partial charge in [0.25, 0.3) is 5.91 Å². The molecule has 7 heteroatoms. The molecular weight excluding hydrogens is 441 g/mol. The van der Waals surface area contributed by atoms with Crippen molar-refractivity contribution in [1.29, 1.82) is 0 Å². The van der Waals surface area contributed by atoms with E-state index in [0.717, 1.165) is 56.9 Å². The molecule has 0 spiro atoms. The Morgan fingerprint density at radius 1 is 1.03 bits per heavy atom. The zero-order valence-corrected chi connectivity index (χ0v) is 19.5. The summed E-state index contributed by atoms with van der Waals surface area (Å²) in [6, 6.07) is 10.8. The average Bonchev–Trinajstić information content (AvgIpc) is 3.35. The quantitative estimate of drug-likeness (QED) is 0.582. The minimum Gasteiger partial charge on any atom is -0.330 e. The molecule has 33 heavy (non-hydrogen) atoms. The molecule has 2 fully saturated rings. The lowest BCUT2D eigenvalue weighted by molar-refractivity contribution is -0.119. The smallest absolute Gasteiger partial charge is 0.254 e. The first-order chi connectivity index (χ1) is 15.9. The van der Waals surface area contributed by atoms with Crippen LogP contribution in [-0.2, 0) is 11.3 Å². The molecule has 0 aromatic heterocycles. The molecule has 2 saturated carbocycles. The van der Waals surface area contributed by atoms with Crippen molar-refractivity contribution in [2.45, 2.75) is 70.0 Å². The van der Waals surface area contributed by atoms with E-state index in [1.165, 1.54) is 18.2 Å². The molecule has 0 heterocycles. The highest BCUT2D eigenvalue weighted by Gasteiger charge is 2.32. The Labute approximate surface area is 199 Å². The van der Waals surface area contributed by atoms with E-state index >= 15 is 0 Å². The van der Waals surface area contributed by atoms with Gasteiger partial charge in [-0.2, -0.15) is 0 Å². The summed E-state index contributed by atoms with van der Waals surface area (Å²) in [6.45, 7) is 0.236. The number of nitrogens with zero attached hydrogens (tertiary/aromatic N) is 1. The van der Waals surface area contributed by atoms with Gasteiger partial charge in [0.15, 0.2) is 0 Å². The zero-order chi connectivity index (χ0) is 23.4. The Kier molecular flexibility index (Phi) is 7.66. The standard InChI is InChI=1S/C26H31ClFN3O2/c27-22-13-12-21(30-25(32)17-6-1-2-7-17)15-19(22)16-31(24-11-4-3-10-23(24)29)26(33)18-8-5-9-20(28)14-18/h5,8-9,12-15,17,23-24H,1-4,6-7,10-11,16,29H2,(H,30,32). The summed E-state index contributed by atoms with van der Waals surface area (Å²) >= 11 is 6.51. The Morgan fingerprint density at radius 3 is 2.48 bits per heavy atom. The molecule has 2 amide bonds. The van der Waals surface area contributed by atoms with Crippen LogP contribution in [0.3, 0.4) is 0 Å². The van der Waals surface area contributed by atoms with Crippen LogP contribution in [0.1, 0.15) is 67.3 Å². The Morgan fingerprint density at radius 2 is 1.76 bits per heavy atom. The van der Waals surface area contributed by atoms with Crippen molar-refractivity contribution < 1.29 is 14.0 Å². The maximum atomic E-state index is 13.8. The molecule has 0 saturated heterocycles. The first-order valence-electron chi connectivity index (χ1n) is 11.8. The number of nitrogens with one attached hydrogen (secondary N) is 1. The molecular formula is C26H31ClFN3O2. The van der Waals surface area contributed by atoms with Crippen LogP contribution in [0.15, 0.2) is 42.5 Å². The Hall–Kier alpha value is -2.44. The third-order valence-corrected chi connectivity index (χ3v) is 7.26. The van der Waals surface area contributed by atoms with E-state index in [2.05, 4.69) is 5.32 Å². The third-order valence-electron chi connectivity index (χ3n) is 6.89. The molecule has 3 N–H and O–H groups in total. The number of hydrogen-bond acceptors (Lipinski definition) is 3. The number of anilines is 1. The van der Waals surface area contributed by atoms with Crippen LogP contribution in [0.25, 0.3) is 0 Å². The van der Waals surface area contributed by atoms with Crippen LogP contribution in [0.4, 0.5) is 10.1 Å². The van der Waals surface area contributed by atoms with Gasteiger partial charge in [-0.3, -0.25) is 9.59 Å². The lowest BCUT2D eigenvalue weighted by Crippen LogP contribution is -2.51. The number of hydrogen-bond donors (Lipinski definition) is 2. The van der Waals surface area contributed by atoms with Gasteiger partial charge in [0.2, 0.25) is 5.91 Å². The zero-order valence-electron chi connectivity index (χ0n) is 18.7. The van der Waals surface area contributed by atoms with E-state index in [1.807, 2.05) is 6.07 Å². The predicted octanol–water partition coefficient (Wildman–Crippen LogP) is 5.52. The van der Waals surface area contributed by atoms with Crippen LogP contribution >= 0.6 is 11.6 Å². The SMILES string of the molecule is NC1CCCCC1N(Cc1cc(NC(=O)C2CCCC2)ccc1Cl)C(=O)c1cccc(F)c1. The fraction of sp³-hybridized carbons (Fsp3) is 0.462. The van der Waals surface area contributed by atoms with Gasteiger partial charge >= 0.3 is 0 Å². The number of carbonyl (C=O) groups excluding carboxylic acids is 2. The lowest BCUT2D eigenvalue weighted by atomic mass is 9.89. The first-order valence-corrected chi connectivity index (χ1v) is 12.2. The van der Waals surface area contributed by atoms with E-state index in [1.54, 1.807) is 23.1 Å². The Balaban J connectivity index is 1.59. The van der Waals surface area contributed by atoms with Crippen molar-refractivity contribution in [1.82, 2.24) is 4.90 Å². The van der Waals surface area contributed by atoms with Crippen molar-refractivity contribution in [3.8, 4) is 0 Å². The van der Waals surface area contributed by atoms with E-state index in [-0.39, 0.29) is 41.9 Å². The lowest BCUT2D eigenvalue weighted by Gasteiger charge is -2.38. The Bertz CT molecular complexity index is 1010. The van der Waals surface area contributed by atoms with Gasteiger partial charge in [-0.05, 0) is 67.6 Å². The largest absolute Gasteiger partial charge is 0.330 e. The van der Waals surface area contributed by atoms with E-state index in [4.69, 9.17) is 17.3 Å². The molecule has 176 valence electrons. The summed E-state index contributed by atoms with van der Waals surface area (Å²) in [4.78, 5) is 27.8. The summed E-state index contributed by atoms with van der Waals surface area (Å²) in [7, 11) is 0. The minimum absolute atomic E-state index is 0.0303. The molecule has 2 atom stereocenters. The van der Waals surface area contributed by atoms with Crippen molar-refractivity contribution in [2.24, 2.45) is 11.7 Å². The second-order valence-electron chi connectivity index (χ2n) is 9.24. The maximum Gasteiger partial charge on any atom is 0.254 e. The van der Waals surface area contributed by atoms with Crippen molar-refractivity contribution in [2.75, 3.05) is 5.32 Å². The van der Waals surface area contributed by atoms with E-state index in [9.17, 15) is 14.0 Å². The van der Waals surface area contributed by atoms with E-state index in [0.29, 0.717) is 10.7 Å². The van der Waals surface area contributed by atoms with E-state index < -0.39 is 5.82 Å². The van der Waals surface area contributed by atoms with Gasteiger partial charge in [0, 0.05) is 40.8 Å². The van der Waals surface area contributed by atoms with Gasteiger partial charge in [-0.15, -0.1) is 0 Å². The number of carbonyl (C=O) groups is 2. The number of benzene rings is 2. The molecule has 0 bridgehead atoms. The highest BCUT2D eigenvalue weighted by atomic mass is 35.5. The highest BCUT2D eigenvalue weighted by molar-refractivity contribution is 6.31. The second kappa shape index (κ2) is 10.7. The molecule has 2 aromatic rings. The number of nitrogens with two attached hydrogens (primary N) is 1. The van der Waals surface area contributed by atoms with Gasteiger partial charge in [-0.25, -0.2) is 4.39 Å². The first kappa shape index (κ1) is 23.7. The molecule has 2 aliphatic rings. The predicted molar refractivity (Wildman–Crippen MR) is 129 cm³/mol. The van der Waals surface area contributed by atoms with Crippen molar-refractivity contribution >= 4 is 29.1 Å². The van der Waals surface area contributed by atoms with Crippen LogP contribution in [0.5, 0.6) is 0 Å². The number of halogens is 2. The number of amides is 2. The van der Waals surface area contributed by atoms with Gasteiger partial charge in [-0.1, -0.05) is 43.4 Å². The minimum atomic E-state index is -0.455. The normalized spacial score (nSPS) is 21.1. The van der Waals surface area contributed by atoms with Crippen LogP contribution < -0.4 is 11.1 Å². The molecule has 0 radical (unpaired) electrons.